The van der Waals surface area contributed by atoms with Crippen molar-refractivity contribution in [1.82, 2.24) is 0 Å². The molecule has 1 aromatic heterocycles. The minimum atomic E-state index is -0.813. The number of carbonyl (C=O) groups excluding carboxylic acids is 3. The van der Waals surface area contributed by atoms with E-state index in [0.717, 1.165) is 12.8 Å². The molecule has 8 nitrogen and oxygen atoms in total. The van der Waals surface area contributed by atoms with Crippen LogP contribution in [0.4, 0.5) is 5.69 Å². The van der Waals surface area contributed by atoms with E-state index in [-0.39, 0.29) is 16.8 Å². The van der Waals surface area contributed by atoms with E-state index in [1.165, 1.54) is 12.0 Å². The van der Waals surface area contributed by atoms with Crippen LogP contribution in [-0.4, -0.2) is 31.6 Å². The molecule has 0 bridgehead atoms. The molecule has 3 aromatic carbocycles. The van der Waals surface area contributed by atoms with Gasteiger partial charge in [-0.05, 0) is 60.5 Å². The van der Waals surface area contributed by atoms with E-state index in [1.54, 1.807) is 72.8 Å². The second-order valence-corrected chi connectivity index (χ2v) is 8.90. The smallest absolute Gasteiger partial charge is 0.338 e. The van der Waals surface area contributed by atoms with E-state index in [1.807, 2.05) is 6.92 Å². The van der Waals surface area contributed by atoms with Crippen LogP contribution < -0.4 is 10.3 Å². The summed E-state index contributed by atoms with van der Waals surface area (Å²) in [7, 11) is 1.30. The maximum atomic E-state index is 13.7. The Morgan fingerprint density at radius 3 is 2.24 bits per heavy atom. The summed E-state index contributed by atoms with van der Waals surface area (Å²) in [6, 6.07) is 18.9. The highest BCUT2D eigenvalue weighted by molar-refractivity contribution is 6.11. The Morgan fingerprint density at radius 1 is 0.895 bits per heavy atom. The van der Waals surface area contributed by atoms with Gasteiger partial charge in [0.25, 0.3) is 5.91 Å². The maximum absolute atomic E-state index is 13.7. The van der Waals surface area contributed by atoms with Crippen LogP contribution in [0.25, 0.3) is 11.0 Å². The van der Waals surface area contributed by atoms with Crippen molar-refractivity contribution < 1.29 is 28.3 Å². The summed E-state index contributed by atoms with van der Waals surface area (Å²) < 4.78 is 16.0. The van der Waals surface area contributed by atoms with Gasteiger partial charge in [0.2, 0.25) is 5.76 Å². The molecule has 0 fully saturated rings. The Labute approximate surface area is 218 Å². The SMILES string of the molecule is CCCCOC(=O)c1ccc(N2C(=O)c3oc4ccccc4c(=O)c3C2c2ccc(C(=O)OC)cc2)cc1. The number of ether oxygens (including phenoxy) is 2. The lowest BCUT2D eigenvalue weighted by Gasteiger charge is -2.25. The van der Waals surface area contributed by atoms with Crippen molar-refractivity contribution >= 4 is 34.5 Å². The zero-order chi connectivity index (χ0) is 26.8. The van der Waals surface area contributed by atoms with Crippen molar-refractivity contribution in [3.05, 3.63) is 111 Å². The minimum Gasteiger partial charge on any atom is -0.465 e. The van der Waals surface area contributed by atoms with Gasteiger partial charge < -0.3 is 13.9 Å². The second-order valence-electron chi connectivity index (χ2n) is 8.90. The van der Waals surface area contributed by atoms with E-state index >= 15 is 0 Å². The summed E-state index contributed by atoms with van der Waals surface area (Å²) in [6.07, 6.45) is 1.68. The number of methoxy groups -OCH3 is 1. The quantitative estimate of drug-likeness (QED) is 0.245. The van der Waals surface area contributed by atoms with Gasteiger partial charge in [0.05, 0.1) is 41.8 Å². The number of para-hydroxylation sites is 1. The van der Waals surface area contributed by atoms with E-state index in [4.69, 9.17) is 13.9 Å². The highest BCUT2D eigenvalue weighted by Gasteiger charge is 2.43. The number of esters is 2. The highest BCUT2D eigenvalue weighted by atomic mass is 16.5. The molecule has 1 unspecified atom stereocenters. The molecule has 1 aliphatic rings. The van der Waals surface area contributed by atoms with Crippen molar-refractivity contribution in [3.63, 3.8) is 0 Å². The third-order valence-electron chi connectivity index (χ3n) is 6.54. The molecule has 1 atom stereocenters. The fourth-order valence-electron chi connectivity index (χ4n) is 4.57. The molecule has 2 heterocycles. The first-order valence-electron chi connectivity index (χ1n) is 12.3. The molecule has 1 aliphatic heterocycles. The summed E-state index contributed by atoms with van der Waals surface area (Å²) in [4.78, 5) is 53.2. The molecule has 0 saturated carbocycles. The number of anilines is 1. The van der Waals surface area contributed by atoms with Gasteiger partial charge in [-0.1, -0.05) is 37.6 Å². The van der Waals surface area contributed by atoms with Gasteiger partial charge in [0.1, 0.15) is 5.58 Å². The van der Waals surface area contributed by atoms with Crippen LogP contribution in [0.1, 0.15) is 68.2 Å². The lowest BCUT2D eigenvalue weighted by molar-refractivity contribution is 0.0499. The van der Waals surface area contributed by atoms with Crippen molar-refractivity contribution in [2.24, 2.45) is 0 Å². The fraction of sp³-hybridized carbons (Fsp3) is 0.200. The molecular formula is C30H25NO7. The molecule has 0 aliphatic carbocycles. The first-order valence-corrected chi connectivity index (χ1v) is 12.3. The van der Waals surface area contributed by atoms with Crippen LogP contribution in [0.15, 0.2) is 82.0 Å². The standard InChI is InChI=1S/C30H25NO7/c1-3-4-17-37-30(35)20-13-15-21(16-14-20)31-25(18-9-11-19(12-10-18)29(34)36-2)24-26(32)22-7-5-6-8-23(22)38-27(24)28(31)33/h5-16,25H,3-4,17H2,1-2H3. The molecule has 0 saturated heterocycles. The van der Waals surface area contributed by atoms with Gasteiger partial charge in [-0.2, -0.15) is 0 Å². The Hall–Kier alpha value is -4.72. The zero-order valence-electron chi connectivity index (χ0n) is 20.9. The normalized spacial score (nSPS) is 14.4. The fourth-order valence-corrected chi connectivity index (χ4v) is 4.57. The molecule has 1 amide bonds. The van der Waals surface area contributed by atoms with Crippen LogP contribution in [0, 0.1) is 0 Å². The van der Waals surface area contributed by atoms with Crippen LogP contribution in [0.2, 0.25) is 0 Å². The molecule has 0 radical (unpaired) electrons. The number of amides is 1. The highest BCUT2D eigenvalue weighted by Crippen LogP contribution is 2.41. The summed E-state index contributed by atoms with van der Waals surface area (Å²) in [5.41, 5.74) is 1.99. The number of fused-ring (bicyclic) bond motifs is 2. The second kappa shape index (κ2) is 10.3. The van der Waals surface area contributed by atoms with Gasteiger partial charge >= 0.3 is 11.9 Å². The Kier molecular flexibility index (Phi) is 6.79. The number of rotatable bonds is 7. The predicted octanol–water partition coefficient (Wildman–Crippen LogP) is 5.29. The molecule has 192 valence electrons. The number of carbonyl (C=O) groups is 3. The number of hydrogen-bond acceptors (Lipinski definition) is 7. The van der Waals surface area contributed by atoms with Gasteiger partial charge in [-0.3, -0.25) is 14.5 Å². The molecular weight excluding hydrogens is 486 g/mol. The van der Waals surface area contributed by atoms with Crippen molar-refractivity contribution in [3.8, 4) is 0 Å². The topological polar surface area (TPSA) is 103 Å². The minimum absolute atomic E-state index is 0.0428. The van der Waals surface area contributed by atoms with Crippen molar-refractivity contribution in [2.45, 2.75) is 25.8 Å². The van der Waals surface area contributed by atoms with Crippen LogP contribution in [-0.2, 0) is 9.47 Å². The van der Waals surface area contributed by atoms with Crippen molar-refractivity contribution in [1.29, 1.82) is 0 Å². The zero-order valence-corrected chi connectivity index (χ0v) is 20.9. The van der Waals surface area contributed by atoms with E-state index in [2.05, 4.69) is 0 Å². The number of benzene rings is 3. The van der Waals surface area contributed by atoms with Crippen LogP contribution >= 0.6 is 0 Å². The molecule has 5 rings (SSSR count). The van der Waals surface area contributed by atoms with E-state index < -0.39 is 23.9 Å². The number of nitrogens with zero attached hydrogens (tertiary/aromatic N) is 1. The van der Waals surface area contributed by atoms with Gasteiger partial charge in [0.15, 0.2) is 5.43 Å². The third-order valence-corrected chi connectivity index (χ3v) is 6.54. The largest absolute Gasteiger partial charge is 0.465 e. The summed E-state index contributed by atoms with van der Waals surface area (Å²) in [6.45, 7) is 2.34. The summed E-state index contributed by atoms with van der Waals surface area (Å²) >= 11 is 0. The summed E-state index contributed by atoms with van der Waals surface area (Å²) in [5.74, 6) is -1.47. The summed E-state index contributed by atoms with van der Waals surface area (Å²) in [5, 5.41) is 0.363. The predicted molar refractivity (Wildman–Crippen MR) is 141 cm³/mol. The lowest BCUT2D eigenvalue weighted by atomic mass is 9.97. The third kappa shape index (κ3) is 4.34. The van der Waals surface area contributed by atoms with E-state index in [0.29, 0.717) is 40.0 Å². The Balaban J connectivity index is 1.60. The first kappa shape index (κ1) is 25.0. The van der Waals surface area contributed by atoms with Crippen LogP contribution in [0.5, 0.6) is 0 Å². The molecule has 8 heteroatoms. The van der Waals surface area contributed by atoms with Gasteiger partial charge in [-0.15, -0.1) is 0 Å². The molecule has 0 spiro atoms. The first-order chi connectivity index (χ1) is 18.4. The maximum Gasteiger partial charge on any atom is 0.338 e. The lowest BCUT2D eigenvalue weighted by Crippen LogP contribution is -2.29. The Morgan fingerprint density at radius 2 is 1.55 bits per heavy atom. The Bertz CT molecular complexity index is 1590. The molecule has 38 heavy (non-hydrogen) atoms. The number of unbranched alkanes of at least 4 members (excludes halogenated alkanes) is 1. The average Bonchev–Trinajstić information content (AvgIpc) is 3.25. The monoisotopic (exact) mass is 511 g/mol. The van der Waals surface area contributed by atoms with Gasteiger partial charge in [-0.25, -0.2) is 9.59 Å². The van der Waals surface area contributed by atoms with Crippen molar-refractivity contribution in [2.75, 3.05) is 18.6 Å². The molecule has 4 aromatic rings. The number of hydrogen-bond donors (Lipinski definition) is 0. The average molecular weight is 512 g/mol. The van der Waals surface area contributed by atoms with Crippen LogP contribution in [0.3, 0.4) is 0 Å². The van der Waals surface area contributed by atoms with E-state index in [9.17, 15) is 19.2 Å². The molecule has 0 N–H and O–H groups in total. The van der Waals surface area contributed by atoms with Gasteiger partial charge in [0, 0.05) is 5.69 Å².